The van der Waals surface area contributed by atoms with E-state index in [2.05, 4.69) is 26.3 Å². The number of amides is 1. The average Bonchev–Trinajstić information content (AvgIpc) is 3.43. The molecule has 0 radical (unpaired) electrons. The molecular weight excluding hydrogens is 549 g/mol. The molecule has 10 heteroatoms. The molecule has 2 N–H and O–H groups in total. The van der Waals surface area contributed by atoms with Crippen molar-refractivity contribution >= 4 is 40.5 Å². The SMILES string of the molecule is COc1ccc(Cl)cc1-n1c(C)cc([C@H]2[C@H](c3ccccn3)NC(=S)N2CCC(=O)Nc2ccccc2F)c1C. The van der Waals surface area contributed by atoms with Crippen LogP contribution >= 0.6 is 23.8 Å². The molecule has 1 fully saturated rings. The number of ether oxygens (including phenoxy) is 1. The number of aromatic nitrogens is 2. The molecule has 7 nitrogen and oxygen atoms in total. The average molecular weight is 578 g/mol. The number of nitrogens with zero attached hydrogens (tertiary/aromatic N) is 3. The molecule has 0 saturated carbocycles. The number of carbonyl (C=O) groups is 1. The second-order valence-electron chi connectivity index (χ2n) is 9.58. The quantitative estimate of drug-likeness (QED) is 0.240. The minimum Gasteiger partial charge on any atom is -0.495 e. The van der Waals surface area contributed by atoms with Crippen LogP contribution in [0.2, 0.25) is 5.02 Å². The van der Waals surface area contributed by atoms with Crippen molar-refractivity contribution in [2.75, 3.05) is 19.0 Å². The van der Waals surface area contributed by atoms with Crippen LogP contribution in [-0.4, -0.2) is 39.1 Å². The van der Waals surface area contributed by atoms with Crippen LogP contribution in [0.5, 0.6) is 5.75 Å². The minimum absolute atomic E-state index is 0.114. The van der Waals surface area contributed by atoms with Crippen molar-refractivity contribution in [3.05, 3.63) is 106 Å². The van der Waals surface area contributed by atoms with Gasteiger partial charge in [0.05, 0.1) is 36.3 Å². The van der Waals surface area contributed by atoms with E-state index in [-0.39, 0.29) is 30.1 Å². The summed E-state index contributed by atoms with van der Waals surface area (Å²) >= 11 is 12.2. The zero-order valence-corrected chi connectivity index (χ0v) is 23.9. The third kappa shape index (κ3) is 5.39. The van der Waals surface area contributed by atoms with Gasteiger partial charge in [-0.2, -0.15) is 0 Å². The first kappa shape index (κ1) is 27.6. The Labute approximate surface area is 242 Å². The lowest BCUT2D eigenvalue weighted by atomic mass is 9.96. The molecule has 2 aromatic carbocycles. The van der Waals surface area contributed by atoms with E-state index in [4.69, 9.17) is 28.6 Å². The van der Waals surface area contributed by atoms with Crippen LogP contribution in [0, 0.1) is 19.7 Å². The van der Waals surface area contributed by atoms with Gasteiger partial charge in [0.15, 0.2) is 5.11 Å². The fourth-order valence-electron chi connectivity index (χ4n) is 5.28. The summed E-state index contributed by atoms with van der Waals surface area (Å²) in [6.45, 7) is 4.40. The van der Waals surface area contributed by atoms with Crippen molar-refractivity contribution in [1.29, 1.82) is 0 Å². The second-order valence-corrected chi connectivity index (χ2v) is 10.4. The van der Waals surface area contributed by atoms with Crippen LogP contribution in [0.3, 0.4) is 0 Å². The number of carbonyl (C=O) groups excluding carboxylic acids is 1. The van der Waals surface area contributed by atoms with Crippen molar-refractivity contribution in [2.45, 2.75) is 32.4 Å². The van der Waals surface area contributed by atoms with Crippen LogP contribution in [0.25, 0.3) is 5.69 Å². The smallest absolute Gasteiger partial charge is 0.226 e. The van der Waals surface area contributed by atoms with Gasteiger partial charge in [-0.15, -0.1) is 0 Å². The number of rotatable bonds is 8. The molecule has 206 valence electrons. The van der Waals surface area contributed by atoms with Gasteiger partial charge in [-0.1, -0.05) is 29.8 Å². The van der Waals surface area contributed by atoms with Gasteiger partial charge in [0.2, 0.25) is 5.91 Å². The summed E-state index contributed by atoms with van der Waals surface area (Å²) in [5, 5.41) is 7.21. The number of para-hydroxylation sites is 1. The van der Waals surface area contributed by atoms with Crippen LogP contribution in [-0.2, 0) is 4.79 Å². The highest BCUT2D eigenvalue weighted by Gasteiger charge is 2.41. The summed E-state index contributed by atoms with van der Waals surface area (Å²) in [6.07, 6.45) is 1.87. The van der Waals surface area contributed by atoms with E-state index in [9.17, 15) is 9.18 Å². The maximum atomic E-state index is 14.1. The number of thiocarbonyl (C=S) groups is 1. The number of hydrogen-bond donors (Lipinski definition) is 2. The molecule has 2 atom stereocenters. The normalized spacial score (nSPS) is 16.6. The monoisotopic (exact) mass is 577 g/mol. The van der Waals surface area contributed by atoms with Gasteiger partial charge < -0.3 is 24.8 Å². The first-order valence-corrected chi connectivity index (χ1v) is 13.6. The highest BCUT2D eigenvalue weighted by Crippen LogP contribution is 2.42. The Hall–Kier alpha value is -3.95. The van der Waals surface area contributed by atoms with Gasteiger partial charge in [0.1, 0.15) is 11.6 Å². The van der Waals surface area contributed by atoms with Crippen molar-refractivity contribution in [3.8, 4) is 11.4 Å². The van der Waals surface area contributed by atoms with Gasteiger partial charge >= 0.3 is 0 Å². The summed E-state index contributed by atoms with van der Waals surface area (Å²) in [7, 11) is 1.63. The molecule has 0 aliphatic carbocycles. The zero-order chi connectivity index (χ0) is 28.4. The van der Waals surface area contributed by atoms with Crippen LogP contribution in [0.15, 0.2) is 72.9 Å². The number of halogens is 2. The van der Waals surface area contributed by atoms with Gasteiger partial charge in [-0.05, 0) is 80.2 Å². The highest BCUT2D eigenvalue weighted by atomic mass is 35.5. The van der Waals surface area contributed by atoms with Crippen LogP contribution in [0.4, 0.5) is 10.1 Å². The third-order valence-electron chi connectivity index (χ3n) is 7.10. The van der Waals surface area contributed by atoms with Gasteiger partial charge in [-0.3, -0.25) is 9.78 Å². The summed E-state index contributed by atoms with van der Waals surface area (Å²) < 4.78 is 21.9. The predicted octanol–water partition coefficient (Wildman–Crippen LogP) is 6.29. The molecule has 40 heavy (non-hydrogen) atoms. The lowest BCUT2D eigenvalue weighted by Crippen LogP contribution is -2.33. The summed E-state index contributed by atoms with van der Waals surface area (Å²) in [5.41, 5.74) is 4.81. The van der Waals surface area contributed by atoms with Crippen molar-refractivity contribution < 1.29 is 13.9 Å². The number of hydrogen-bond acceptors (Lipinski definition) is 4. The fourth-order valence-corrected chi connectivity index (χ4v) is 5.78. The van der Waals surface area contributed by atoms with Crippen molar-refractivity contribution in [2.24, 2.45) is 0 Å². The van der Waals surface area contributed by atoms with Gasteiger partial charge in [0, 0.05) is 35.6 Å². The maximum absolute atomic E-state index is 14.1. The van der Waals surface area contributed by atoms with Gasteiger partial charge in [0.25, 0.3) is 0 Å². The lowest BCUT2D eigenvalue weighted by molar-refractivity contribution is -0.116. The molecule has 0 bridgehead atoms. The Morgan fingerprint density at radius 1 is 1.15 bits per heavy atom. The largest absolute Gasteiger partial charge is 0.495 e. The molecule has 2 aromatic heterocycles. The Bertz CT molecular complexity index is 1560. The van der Waals surface area contributed by atoms with Crippen LogP contribution < -0.4 is 15.4 Å². The number of aryl methyl sites for hydroxylation is 1. The Morgan fingerprint density at radius 2 is 1.93 bits per heavy atom. The fraction of sp³-hybridized carbons (Fsp3) is 0.233. The maximum Gasteiger partial charge on any atom is 0.226 e. The van der Waals surface area contributed by atoms with E-state index in [1.807, 2.05) is 49.1 Å². The highest BCUT2D eigenvalue weighted by molar-refractivity contribution is 7.80. The number of nitrogens with one attached hydrogen (secondary N) is 2. The molecule has 0 spiro atoms. The van der Waals surface area contributed by atoms with Crippen LogP contribution in [0.1, 0.15) is 41.1 Å². The minimum atomic E-state index is -0.480. The molecule has 1 saturated heterocycles. The van der Waals surface area contributed by atoms with E-state index in [0.717, 1.165) is 28.3 Å². The Morgan fingerprint density at radius 3 is 2.65 bits per heavy atom. The molecular formula is C30H29ClFN5O2S. The first-order valence-electron chi connectivity index (χ1n) is 12.8. The number of methoxy groups -OCH3 is 1. The molecule has 1 aliphatic heterocycles. The molecule has 1 aliphatic rings. The molecule has 4 aromatic rings. The summed E-state index contributed by atoms with van der Waals surface area (Å²) in [6, 6.07) is 19.0. The predicted molar refractivity (Wildman–Crippen MR) is 159 cm³/mol. The topological polar surface area (TPSA) is 71.4 Å². The first-order chi connectivity index (χ1) is 19.3. The Balaban J connectivity index is 1.51. The lowest BCUT2D eigenvalue weighted by Gasteiger charge is -2.28. The van der Waals surface area contributed by atoms with E-state index in [1.165, 1.54) is 12.1 Å². The standard InChI is InChI=1S/C30H29ClFN5O2S/c1-18-16-21(19(2)37(18)25-17-20(31)11-12-26(25)39-3)29-28(24-10-6-7-14-33-24)35-30(40)36(29)15-13-27(38)34-23-9-5-4-8-22(23)32/h4-12,14,16-17,28-29H,13,15H2,1-3H3,(H,34,38)(H,35,40)/t28-,29-/m0/s1. The van der Waals surface area contributed by atoms with Gasteiger partial charge in [-0.25, -0.2) is 4.39 Å². The van der Waals surface area contributed by atoms with E-state index in [0.29, 0.717) is 22.4 Å². The summed E-state index contributed by atoms with van der Waals surface area (Å²) in [5.74, 6) is -0.0889. The molecule has 5 rings (SSSR count). The Kier molecular flexibility index (Phi) is 8.04. The number of benzene rings is 2. The van der Waals surface area contributed by atoms with E-state index in [1.54, 1.807) is 31.5 Å². The summed E-state index contributed by atoms with van der Waals surface area (Å²) in [4.78, 5) is 19.4. The molecule has 3 heterocycles. The number of anilines is 1. The van der Waals surface area contributed by atoms with E-state index < -0.39 is 5.82 Å². The zero-order valence-electron chi connectivity index (χ0n) is 22.3. The van der Waals surface area contributed by atoms with E-state index >= 15 is 0 Å². The third-order valence-corrected chi connectivity index (χ3v) is 7.68. The molecule has 1 amide bonds. The van der Waals surface area contributed by atoms with Crippen molar-refractivity contribution in [3.63, 3.8) is 0 Å². The van der Waals surface area contributed by atoms with Crippen molar-refractivity contribution in [1.82, 2.24) is 19.8 Å². The number of pyridine rings is 1. The molecule has 0 unspecified atom stereocenters. The second kappa shape index (κ2) is 11.7.